The average molecular weight is 208 g/mol. The Labute approximate surface area is 93.7 Å². The van der Waals surface area contributed by atoms with Crippen molar-refractivity contribution in [2.24, 2.45) is 5.84 Å². The molecular weight excluding hydrogens is 196 g/mol. The van der Waals surface area contributed by atoms with E-state index in [1.54, 1.807) is 0 Å². The second-order valence-corrected chi connectivity index (χ2v) is 3.87. The first kappa shape index (κ1) is 9.19. The fourth-order valence-corrected chi connectivity index (χ4v) is 2.10. The summed E-state index contributed by atoms with van der Waals surface area (Å²) in [6, 6.07) is 18.8. The van der Waals surface area contributed by atoms with Crippen LogP contribution < -0.4 is 11.3 Å². The molecule has 0 aliphatic carbocycles. The minimum absolute atomic E-state index is 0.933. The van der Waals surface area contributed by atoms with E-state index in [-0.39, 0.29) is 0 Å². The first-order chi connectivity index (χ1) is 7.88. The molecule has 0 saturated heterocycles. The van der Waals surface area contributed by atoms with Gasteiger partial charge in [0.15, 0.2) is 0 Å². The van der Waals surface area contributed by atoms with E-state index in [1.807, 2.05) is 6.07 Å². The van der Waals surface area contributed by atoms with Crippen LogP contribution in [-0.4, -0.2) is 0 Å². The number of rotatable bonds is 1. The number of nitrogens with one attached hydrogen (secondary N) is 1. The summed E-state index contributed by atoms with van der Waals surface area (Å²) in [6.45, 7) is 0. The molecule has 0 atom stereocenters. The molecule has 0 heterocycles. The van der Waals surface area contributed by atoms with E-state index in [0.717, 1.165) is 5.69 Å². The lowest BCUT2D eigenvalue weighted by molar-refractivity contribution is 1.36. The average Bonchev–Trinajstić information content (AvgIpc) is 2.38. The van der Waals surface area contributed by atoms with E-state index >= 15 is 0 Å². The van der Waals surface area contributed by atoms with E-state index in [4.69, 9.17) is 5.84 Å². The summed E-state index contributed by atoms with van der Waals surface area (Å²) in [5, 5.41) is 5.01. The van der Waals surface area contributed by atoms with Crippen LogP contribution >= 0.6 is 0 Å². The quantitative estimate of drug-likeness (QED) is 0.366. The number of benzene rings is 3. The van der Waals surface area contributed by atoms with E-state index in [0.29, 0.717) is 0 Å². The predicted octanol–water partition coefficient (Wildman–Crippen LogP) is 3.28. The molecule has 0 unspecified atom stereocenters. The molecule has 0 aliphatic rings. The molecule has 3 aromatic carbocycles. The first-order valence-electron chi connectivity index (χ1n) is 5.26. The lowest BCUT2D eigenvalue weighted by Crippen LogP contribution is -2.06. The largest absolute Gasteiger partial charge is 0.324 e. The van der Waals surface area contributed by atoms with Crippen molar-refractivity contribution in [1.29, 1.82) is 0 Å². The summed E-state index contributed by atoms with van der Waals surface area (Å²) in [5.74, 6) is 5.40. The molecule has 0 amide bonds. The van der Waals surface area contributed by atoms with Gasteiger partial charge < -0.3 is 5.43 Å². The smallest absolute Gasteiger partial charge is 0.0491 e. The molecule has 0 aliphatic heterocycles. The van der Waals surface area contributed by atoms with Crippen LogP contribution in [0.2, 0.25) is 0 Å². The molecule has 0 radical (unpaired) electrons. The van der Waals surface area contributed by atoms with Gasteiger partial charge in [0.05, 0.1) is 0 Å². The maximum atomic E-state index is 5.40. The van der Waals surface area contributed by atoms with E-state index in [9.17, 15) is 0 Å². The van der Waals surface area contributed by atoms with Gasteiger partial charge in [-0.3, -0.25) is 5.84 Å². The van der Waals surface area contributed by atoms with Gasteiger partial charge in [0.25, 0.3) is 0 Å². The van der Waals surface area contributed by atoms with Gasteiger partial charge in [-0.15, -0.1) is 0 Å². The molecule has 0 bridgehead atoms. The number of fused-ring (bicyclic) bond motifs is 3. The normalized spacial score (nSPS) is 10.8. The molecule has 3 N–H and O–H groups in total. The zero-order valence-corrected chi connectivity index (χ0v) is 8.77. The van der Waals surface area contributed by atoms with Gasteiger partial charge in [-0.25, -0.2) is 0 Å². The summed E-state index contributed by atoms with van der Waals surface area (Å²) in [6.07, 6.45) is 0. The van der Waals surface area contributed by atoms with Crippen LogP contribution in [0.1, 0.15) is 0 Å². The van der Waals surface area contributed by atoms with Crippen LogP contribution in [0.25, 0.3) is 21.5 Å². The van der Waals surface area contributed by atoms with Crippen molar-refractivity contribution in [3.63, 3.8) is 0 Å². The number of anilines is 1. The minimum Gasteiger partial charge on any atom is -0.324 e. The maximum Gasteiger partial charge on any atom is 0.0491 e. The Morgan fingerprint density at radius 2 is 1.50 bits per heavy atom. The first-order valence-corrected chi connectivity index (χ1v) is 5.26. The van der Waals surface area contributed by atoms with Crippen LogP contribution in [0.4, 0.5) is 5.69 Å². The van der Waals surface area contributed by atoms with E-state index < -0.39 is 0 Å². The van der Waals surface area contributed by atoms with Gasteiger partial charge in [-0.1, -0.05) is 42.5 Å². The summed E-state index contributed by atoms with van der Waals surface area (Å²) in [7, 11) is 0. The fourth-order valence-electron chi connectivity index (χ4n) is 2.10. The zero-order chi connectivity index (χ0) is 11.0. The third-order valence-corrected chi connectivity index (χ3v) is 2.91. The fraction of sp³-hybridized carbons (Fsp3) is 0. The number of nitrogen functional groups attached to an aromatic ring is 1. The monoisotopic (exact) mass is 208 g/mol. The second kappa shape index (κ2) is 3.51. The van der Waals surface area contributed by atoms with E-state index in [1.165, 1.54) is 21.5 Å². The van der Waals surface area contributed by atoms with Crippen molar-refractivity contribution in [1.82, 2.24) is 0 Å². The van der Waals surface area contributed by atoms with Crippen molar-refractivity contribution in [3.8, 4) is 0 Å². The SMILES string of the molecule is NNc1ccc2c(ccc3ccccc32)c1. The molecule has 0 spiro atoms. The summed E-state index contributed by atoms with van der Waals surface area (Å²) in [5.41, 5.74) is 3.60. The summed E-state index contributed by atoms with van der Waals surface area (Å²) in [4.78, 5) is 0. The lowest BCUT2D eigenvalue weighted by atomic mass is 10.0. The number of hydrogen-bond acceptors (Lipinski definition) is 2. The molecule has 78 valence electrons. The maximum absolute atomic E-state index is 5.40. The Balaban J connectivity index is 2.43. The number of nitrogens with two attached hydrogens (primary N) is 1. The Morgan fingerprint density at radius 1 is 0.750 bits per heavy atom. The summed E-state index contributed by atoms with van der Waals surface area (Å²) >= 11 is 0. The van der Waals surface area contributed by atoms with Crippen LogP contribution in [-0.2, 0) is 0 Å². The number of hydrazine groups is 1. The lowest BCUT2D eigenvalue weighted by Gasteiger charge is -2.06. The Bertz CT molecular complexity index is 659. The van der Waals surface area contributed by atoms with E-state index in [2.05, 4.69) is 54.0 Å². The van der Waals surface area contributed by atoms with Crippen molar-refractivity contribution >= 4 is 27.2 Å². The third kappa shape index (κ3) is 1.32. The van der Waals surface area contributed by atoms with Crippen molar-refractivity contribution in [2.45, 2.75) is 0 Å². The standard InChI is InChI=1S/C14H12N2/c15-16-12-7-8-14-11(9-12)6-5-10-3-1-2-4-13(10)14/h1-9,16H,15H2. The third-order valence-electron chi connectivity index (χ3n) is 2.91. The molecule has 0 aromatic heterocycles. The van der Waals surface area contributed by atoms with Crippen molar-refractivity contribution < 1.29 is 0 Å². The van der Waals surface area contributed by atoms with Gasteiger partial charge in [-0.05, 0) is 33.7 Å². The zero-order valence-electron chi connectivity index (χ0n) is 8.77. The molecule has 16 heavy (non-hydrogen) atoms. The Kier molecular flexibility index (Phi) is 2.01. The highest BCUT2D eigenvalue weighted by molar-refractivity contribution is 6.08. The molecule has 0 fully saturated rings. The molecule has 3 rings (SSSR count). The van der Waals surface area contributed by atoms with Gasteiger partial charge in [0.2, 0.25) is 0 Å². The topological polar surface area (TPSA) is 38.0 Å². The van der Waals surface area contributed by atoms with Gasteiger partial charge in [0.1, 0.15) is 0 Å². The van der Waals surface area contributed by atoms with Crippen molar-refractivity contribution in [3.05, 3.63) is 54.6 Å². The number of hydrogen-bond donors (Lipinski definition) is 2. The highest BCUT2D eigenvalue weighted by Gasteiger charge is 2.00. The van der Waals surface area contributed by atoms with Gasteiger partial charge in [0, 0.05) is 5.69 Å². The van der Waals surface area contributed by atoms with Crippen molar-refractivity contribution in [2.75, 3.05) is 5.43 Å². The molecule has 3 aromatic rings. The molecular formula is C14H12N2. The van der Waals surface area contributed by atoms with Crippen LogP contribution in [0, 0.1) is 0 Å². The minimum atomic E-state index is 0.933. The Hall–Kier alpha value is -2.06. The highest BCUT2D eigenvalue weighted by atomic mass is 15.2. The van der Waals surface area contributed by atoms with Crippen LogP contribution in [0.15, 0.2) is 54.6 Å². The Morgan fingerprint density at radius 3 is 2.38 bits per heavy atom. The highest BCUT2D eigenvalue weighted by Crippen LogP contribution is 2.26. The van der Waals surface area contributed by atoms with Gasteiger partial charge >= 0.3 is 0 Å². The molecule has 2 heteroatoms. The predicted molar refractivity (Wildman–Crippen MR) is 69.3 cm³/mol. The molecule has 0 saturated carbocycles. The summed E-state index contributed by atoms with van der Waals surface area (Å²) < 4.78 is 0. The van der Waals surface area contributed by atoms with Crippen LogP contribution in [0.3, 0.4) is 0 Å². The second-order valence-electron chi connectivity index (χ2n) is 3.87. The van der Waals surface area contributed by atoms with Crippen LogP contribution in [0.5, 0.6) is 0 Å². The van der Waals surface area contributed by atoms with Gasteiger partial charge in [-0.2, -0.15) is 0 Å². The molecule has 2 nitrogen and oxygen atoms in total.